The first-order valence-corrected chi connectivity index (χ1v) is 8.99. The molecule has 0 amide bonds. The summed E-state index contributed by atoms with van der Waals surface area (Å²) in [7, 11) is 9.90. The molecular weight excluding hydrogens is 186 g/mol. The van der Waals surface area contributed by atoms with Gasteiger partial charge in [-0.05, 0) is 11.8 Å². The molecule has 0 saturated carbocycles. The van der Waals surface area contributed by atoms with Gasteiger partial charge >= 0.3 is 34.5 Å². The van der Waals surface area contributed by atoms with Gasteiger partial charge in [0, 0.05) is 0 Å². The molecule has 0 aliphatic heterocycles. The molecule has 0 fully saturated rings. The predicted molar refractivity (Wildman–Crippen MR) is 21.7 cm³/mol. The van der Waals surface area contributed by atoms with Crippen molar-refractivity contribution in [1.82, 2.24) is 0 Å². The zero-order valence-electron chi connectivity index (χ0n) is 2.42. The van der Waals surface area contributed by atoms with Crippen LogP contribution in [0.3, 0.4) is 0 Å². The Hall–Kier alpha value is 1.45. The summed E-state index contributed by atoms with van der Waals surface area (Å²) in [6.45, 7) is 0. The summed E-state index contributed by atoms with van der Waals surface area (Å²) in [4.78, 5) is 0. The number of halogens is 3. The van der Waals surface area contributed by atoms with Gasteiger partial charge in [0.2, 0.25) is 0 Å². The topological polar surface area (TPSA) is 26.0 Å². The first kappa shape index (κ1) is 9.68. The molecule has 5 heavy (non-hydrogen) atoms. The molecule has 0 heterocycles. The molecule has 1 nitrogen and oxygen atoms in total. The van der Waals surface area contributed by atoms with Crippen LogP contribution in [0.1, 0.15) is 0 Å². The molecule has 0 aromatic rings. The van der Waals surface area contributed by atoms with Crippen LogP contribution in [0.15, 0.2) is 0 Å². The summed E-state index contributed by atoms with van der Waals surface area (Å²) in [6.07, 6.45) is 0. The van der Waals surface area contributed by atoms with Crippen molar-refractivity contribution in [3.63, 3.8) is 0 Å². The average molecular weight is 188 g/mol. The van der Waals surface area contributed by atoms with Crippen LogP contribution in [-0.4, -0.2) is 0 Å². The van der Waals surface area contributed by atoms with Gasteiger partial charge in [0.05, 0.1) is 0 Å². The van der Waals surface area contributed by atoms with E-state index in [9.17, 15) is 0 Å². The zero-order valence-corrected chi connectivity index (χ0v) is 7.65. The molecule has 0 spiro atoms. The standard InChI is InChI=1S/ClH2N.2ClH.Zn/c1-2;;;/h2H2;2*1H;/q;;;+2/p-2. The van der Waals surface area contributed by atoms with Gasteiger partial charge in [0.25, 0.3) is 0 Å². The van der Waals surface area contributed by atoms with Gasteiger partial charge in [-0.25, -0.2) is 5.25 Å². The van der Waals surface area contributed by atoms with Gasteiger partial charge in [-0.1, -0.05) is 0 Å². The van der Waals surface area contributed by atoms with E-state index in [1.54, 1.807) is 0 Å². The van der Waals surface area contributed by atoms with Crippen molar-refractivity contribution in [2.45, 2.75) is 0 Å². The molecule has 0 aromatic carbocycles. The summed E-state index contributed by atoms with van der Waals surface area (Å²) in [5.74, 6) is 0. The molecule has 0 bridgehead atoms. The van der Waals surface area contributed by atoms with Crippen LogP contribution in [-0.2, 0) is 15.1 Å². The molecule has 2 N–H and O–H groups in total. The van der Waals surface area contributed by atoms with Gasteiger partial charge in [0.15, 0.2) is 0 Å². The Morgan fingerprint density at radius 2 is 1.20 bits per heavy atom. The molecule has 5 heteroatoms. The van der Waals surface area contributed by atoms with Crippen molar-refractivity contribution in [1.29, 1.82) is 0 Å². The molecule has 0 aliphatic rings. The van der Waals surface area contributed by atoms with Crippen LogP contribution in [0.2, 0.25) is 0 Å². The van der Waals surface area contributed by atoms with Crippen LogP contribution in [0.4, 0.5) is 0 Å². The Morgan fingerprint density at radius 3 is 1.20 bits per heavy atom. The Balaban J connectivity index is 0. The quantitative estimate of drug-likeness (QED) is 0.451. The summed E-state index contributed by atoms with van der Waals surface area (Å²) in [5.41, 5.74) is 0. The van der Waals surface area contributed by atoms with Crippen molar-refractivity contribution in [3.8, 4) is 0 Å². The molecule has 0 aromatic heterocycles. The summed E-state index contributed by atoms with van der Waals surface area (Å²) >= 11 is 3.21. The van der Waals surface area contributed by atoms with E-state index in [4.69, 9.17) is 19.4 Å². The summed E-state index contributed by atoms with van der Waals surface area (Å²) in [6, 6.07) is 0. The molecule has 30 valence electrons. The van der Waals surface area contributed by atoms with Crippen molar-refractivity contribution in [2.75, 3.05) is 0 Å². The van der Waals surface area contributed by atoms with E-state index >= 15 is 0 Å². The Kier molecular flexibility index (Phi) is 34.8. The third-order valence-corrected chi connectivity index (χ3v) is 0. The van der Waals surface area contributed by atoms with Crippen molar-refractivity contribution in [3.05, 3.63) is 0 Å². The molecule has 0 saturated heterocycles. The van der Waals surface area contributed by atoms with Crippen LogP contribution in [0, 0.1) is 0 Å². The van der Waals surface area contributed by atoms with Crippen molar-refractivity contribution >= 4 is 31.2 Å². The second-order valence-electron chi connectivity index (χ2n) is 0.101. The molecule has 0 rings (SSSR count). The second kappa shape index (κ2) is 18.0. The fourth-order valence-electron chi connectivity index (χ4n) is 0. The number of hydrogen-bond acceptors (Lipinski definition) is 1. The minimum absolute atomic E-state index is 0.931. The molecule has 0 radical (unpaired) electrons. The SMILES string of the molecule is NCl.[Cl][Zn][Cl]. The van der Waals surface area contributed by atoms with Gasteiger partial charge < -0.3 is 0 Å². The van der Waals surface area contributed by atoms with Gasteiger partial charge in [-0.3, -0.25) is 0 Å². The number of rotatable bonds is 0. The third kappa shape index (κ3) is 30.8. The summed E-state index contributed by atoms with van der Waals surface area (Å²) in [5, 5.41) is 3.97. The monoisotopic (exact) mass is 185 g/mol. The minimum atomic E-state index is -0.931. The third-order valence-electron chi connectivity index (χ3n) is 0. The fraction of sp³-hybridized carbons (Fsp3) is 0. The number of nitrogens with two attached hydrogens (primary N) is 1. The van der Waals surface area contributed by atoms with Gasteiger partial charge in [-0.2, -0.15) is 0 Å². The van der Waals surface area contributed by atoms with Crippen molar-refractivity contribution < 1.29 is 15.1 Å². The van der Waals surface area contributed by atoms with Crippen LogP contribution >= 0.6 is 31.2 Å². The molecule has 0 atom stereocenters. The zero-order chi connectivity index (χ0) is 4.71. The van der Waals surface area contributed by atoms with E-state index in [1.165, 1.54) is 0 Å². The Labute approximate surface area is 51.6 Å². The Morgan fingerprint density at radius 1 is 1.20 bits per heavy atom. The maximum atomic E-state index is 4.95. The van der Waals surface area contributed by atoms with E-state index in [0.717, 1.165) is 0 Å². The van der Waals surface area contributed by atoms with Gasteiger partial charge in [-0.15, -0.1) is 0 Å². The van der Waals surface area contributed by atoms with E-state index in [2.05, 4.69) is 17.0 Å². The first-order valence-electron chi connectivity index (χ1n) is 0.753. The van der Waals surface area contributed by atoms with E-state index in [0.29, 0.717) is 0 Å². The van der Waals surface area contributed by atoms with Gasteiger partial charge in [0.1, 0.15) is 0 Å². The fourth-order valence-corrected chi connectivity index (χ4v) is 0. The van der Waals surface area contributed by atoms with Crippen LogP contribution in [0.5, 0.6) is 0 Å². The second-order valence-corrected chi connectivity index (χ2v) is 4.72. The molecule has 0 unspecified atom stereocenters. The summed E-state index contributed by atoms with van der Waals surface area (Å²) < 4.78 is 0. The van der Waals surface area contributed by atoms with Crippen molar-refractivity contribution in [2.24, 2.45) is 5.25 Å². The van der Waals surface area contributed by atoms with E-state index in [1.807, 2.05) is 0 Å². The maximum absolute atomic E-state index is 4.95. The van der Waals surface area contributed by atoms with E-state index in [-0.39, 0.29) is 0 Å². The number of hydrogen-bond donors (Lipinski definition) is 1. The van der Waals surface area contributed by atoms with Crippen LogP contribution < -0.4 is 5.25 Å². The average Bonchev–Trinajstić information content (AvgIpc) is 1.46. The Bertz CT molecular complexity index is 6.85. The molecular formula is H2Cl3NZn. The predicted octanol–water partition coefficient (Wildman–Crippen LogP) is 1.48. The van der Waals surface area contributed by atoms with Crippen LogP contribution in [0.25, 0.3) is 0 Å². The first-order chi connectivity index (χ1) is 2.41. The van der Waals surface area contributed by atoms with E-state index < -0.39 is 15.1 Å². The molecule has 0 aliphatic carbocycles. The normalized spacial score (nSPS) is 3.20.